The lowest BCUT2D eigenvalue weighted by atomic mass is 10.0. The Balaban J connectivity index is 0.00000578. The number of carbonyl (C=O) groups is 3. The number of ether oxygens (including phenoxy) is 1. The number of esters is 1. The van der Waals surface area contributed by atoms with Gasteiger partial charge in [0.05, 0.1) is 6.04 Å². The second kappa shape index (κ2) is 13.5. The SMILES string of the molecule is CN[C@H]1CC/C=C\CCN([C@@H](Cc2ccc(C)cc2)C(=O)N(C)CC(=O)OC(C)(C)C)C1=O.Cl. The first-order valence-electron chi connectivity index (χ1n) is 11.7. The summed E-state index contributed by atoms with van der Waals surface area (Å²) in [7, 11) is 3.36. The highest BCUT2D eigenvalue weighted by Gasteiger charge is 2.35. The van der Waals surface area contributed by atoms with E-state index in [1.165, 1.54) is 4.90 Å². The Hall–Kier alpha value is -2.38. The molecule has 0 spiro atoms. The van der Waals surface area contributed by atoms with E-state index < -0.39 is 17.6 Å². The number of aryl methyl sites for hydroxylation is 1. The lowest BCUT2D eigenvalue weighted by Crippen LogP contribution is -2.56. The molecule has 1 aromatic rings. The van der Waals surface area contributed by atoms with Crippen LogP contribution in [-0.2, 0) is 25.5 Å². The quantitative estimate of drug-likeness (QED) is 0.466. The van der Waals surface area contributed by atoms with Gasteiger partial charge in [0, 0.05) is 20.0 Å². The van der Waals surface area contributed by atoms with Crippen LogP contribution in [0.3, 0.4) is 0 Å². The molecule has 1 heterocycles. The molecule has 0 fully saturated rings. The van der Waals surface area contributed by atoms with Gasteiger partial charge in [-0.3, -0.25) is 14.4 Å². The molecule has 2 rings (SSSR count). The molecule has 1 aliphatic rings. The monoisotopic (exact) mass is 493 g/mol. The molecule has 0 radical (unpaired) electrons. The second-order valence-electron chi connectivity index (χ2n) is 9.70. The fourth-order valence-corrected chi connectivity index (χ4v) is 3.90. The van der Waals surface area contributed by atoms with E-state index in [0.717, 1.165) is 17.5 Å². The van der Waals surface area contributed by atoms with Crippen molar-refractivity contribution in [2.45, 2.75) is 71.1 Å². The molecule has 1 N–H and O–H groups in total. The molecule has 1 aromatic carbocycles. The minimum Gasteiger partial charge on any atom is -0.459 e. The van der Waals surface area contributed by atoms with Gasteiger partial charge in [0.25, 0.3) is 0 Å². The van der Waals surface area contributed by atoms with Crippen molar-refractivity contribution in [1.82, 2.24) is 15.1 Å². The van der Waals surface area contributed by atoms with Gasteiger partial charge < -0.3 is 19.9 Å². The van der Waals surface area contributed by atoms with Gasteiger partial charge in [-0.1, -0.05) is 42.0 Å². The highest BCUT2D eigenvalue weighted by molar-refractivity contribution is 5.91. The number of allylic oxidation sites excluding steroid dienone is 1. The Morgan fingerprint density at radius 1 is 1.18 bits per heavy atom. The summed E-state index contributed by atoms with van der Waals surface area (Å²) in [6.45, 7) is 7.66. The molecule has 2 atom stereocenters. The highest BCUT2D eigenvalue weighted by Crippen LogP contribution is 2.18. The van der Waals surface area contributed by atoms with E-state index in [0.29, 0.717) is 25.8 Å². The number of halogens is 1. The molecule has 0 aromatic heterocycles. The smallest absolute Gasteiger partial charge is 0.326 e. The summed E-state index contributed by atoms with van der Waals surface area (Å²) in [5, 5.41) is 3.11. The lowest BCUT2D eigenvalue weighted by molar-refractivity contribution is -0.159. The molecular formula is C26H40ClN3O4. The van der Waals surface area contributed by atoms with Crippen LogP contribution in [0.4, 0.5) is 0 Å². The van der Waals surface area contributed by atoms with Gasteiger partial charge in [-0.2, -0.15) is 0 Å². The van der Waals surface area contributed by atoms with E-state index in [1.807, 2.05) is 31.2 Å². The average Bonchev–Trinajstić information content (AvgIpc) is 2.82. The number of rotatable bonds is 7. The van der Waals surface area contributed by atoms with Crippen LogP contribution in [0.25, 0.3) is 0 Å². The predicted octanol–water partition coefficient (Wildman–Crippen LogP) is 3.28. The molecule has 0 bridgehead atoms. The van der Waals surface area contributed by atoms with Crippen LogP contribution >= 0.6 is 12.4 Å². The van der Waals surface area contributed by atoms with E-state index in [2.05, 4.69) is 17.5 Å². The summed E-state index contributed by atoms with van der Waals surface area (Å²) in [5.41, 5.74) is 1.46. The molecule has 0 unspecified atom stereocenters. The third kappa shape index (κ3) is 9.11. The number of carbonyl (C=O) groups excluding carboxylic acids is 3. The zero-order valence-electron chi connectivity index (χ0n) is 21.3. The van der Waals surface area contributed by atoms with E-state index in [9.17, 15) is 14.4 Å². The number of benzene rings is 1. The summed E-state index contributed by atoms with van der Waals surface area (Å²) in [6, 6.07) is 6.90. The highest BCUT2D eigenvalue weighted by atomic mass is 35.5. The van der Waals surface area contributed by atoms with Crippen molar-refractivity contribution in [3.05, 3.63) is 47.5 Å². The number of nitrogens with one attached hydrogen (secondary N) is 1. The normalized spacial score (nSPS) is 18.6. The molecule has 0 saturated heterocycles. The van der Waals surface area contributed by atoms with E-state index in [1.54, 1.807) is 39.8 Å². The summed E-state index contributed by atoms with van der Waals surface area (Å²) in [5.74, 6) is -0.829. The Morgan fingerprint density at radius 2 is 1.79 bits per heavy atom. The summed E-state index contributed by atoms with van der Waals surface area (Å²) < 4.78 is 5.39. The maximum atomic E-state index is 13.6. The van der Waals surface area contributed by atoms with Crippen LogP contribution in [0.2, 0.25) is 0 Å². The summed E-state index contributed by atoms with van der Waals surface area (Å²) in [4.78, 5) is 42.5. The van der Waals surface area contributed by atoms with Crippen LogP contribution in [0.5, 0.6) is 0 Å². The van der Waals surface area contributed by atoms with Crippen LogP contribution in [0.15, 0.2) is 36.4 Å². The molecule has 1 aliphatic heterocycles. The molecule has 8 heteroatoms. The lowest BCUT2D eigenvalue weighted by Gasteiger charge is -2.35. The molecule has 34 heavy (non-hydrogen) atoms. The van der Waals surface area contributed by atoms with Gasteiger partial charge in [-0.25, -0.2) is 0 Å². The fraction of sp³-hybridized carbons (Fsp3) is 0.577. The fourth-order valence-electron chi connectivity index (χ4n) is 3.90. The molecular weight excluding hydrogens is 454 g/mol. The Morgan fingerprint density at radius 3 is 2.38 bits per heavy atom. The van der Waals surface area contributed by atoms with Crippen molar-refractivity contribution in [1.29, 1.82) is 0 Å². The molecule has 2 amide bonds. The molecule has 0 aliphatic carbocycles. The first kappa shape index (κ1) is 29.7. The molecule has 0 saturated carbocycles. The minimum absolute atomic E-state index is 0. The molecule has 7 nitrogen and oxygen atoms in total. The maximum absolute atomic E-state index is 13.6. The van der Waals surface area contributed by atoms with Gasteiger partial charge in [-0.05, 0) is 59.6 Å². The first-order chi connectivity index (χ1) is 15.5. The van der Waals surface area contributed by atoms with Crippen molar-refractivity contribution in [2.75, 3.05) is 27.2 Å². The zero-order chi connectivity index (χ0) is 24.6. The Labute approximate surface area is 210 Å². The van der Waals surface area contributed by atoms with E-state index in [-0.39, 0.29) is 36.8 Å². The van der Waals surface area contributed by atoms with Gasteiger partial charge in [-0.15, -0.1) is 12.4 Å². The van der Waals surface area contributed by atoms with E-state index in [4.69, 9.17) is 4.74 Å². The maximum Gasteiger partial charge on any atom is 0.326 e. The predicted molar refractivity (Wildman–Crippen MR) is 137 cm³/mol. The van der Waals surface area contributed by atoms with Gasteiger partial charge in [0.15, 0.2) is 0 Å². The number of amides is 2. The van der Waals surface area contributed by atoms with Gasteiger partial charge >= 0.3 is 5.97 Å². The number of hydrogen-bond acceptors (Lipinski definition) is 5. The topological polar surface area (TPSA) is 79.0 Å². The summed E-state index contributed by atoms with van der Waals surface area (Å²) in [6.07, 6.45) is 6.68. The second-order valence-corrected chi connectivity index (χ2v) is 9.70. The molecule has 190 valence electrons. The van der Waals surface area contributed by atoms with Crippen LogP contribution in [-0.4, -0.2) is 72.5 Å². The van der Waals surface area contributed by atoms with Crippen molar-refractivity contribution in [3.8, 4) is 0 Å². The number of hydrogen-bond donors (Lipinski definition) is 1. The largest absolute Gasteiger partial charge is 0.459 e. The van der Waals surface area contributed by atoms with Crippen LogP contribution in [0.1, 0.15) is 51.2 Å². The Kier molecular flexibility index (Phi) is 11.8. The van der Waals surface area contributed by atoms with Gasteiger partial charge in [0.1, 0.15) is 18.2 Å². The van der Waals surface area contributed by atoms with Crippen LogP contribution < -0.4 is 5.32 Å². The van der Waals surface area contributed by atoms with Crippen LogP contribution in [0, 0.1) is 6.92 Å². The zero-order valence-corrected chi connectivity index (χ0v) is 22.1. The number of likely N-dealkylation sites (N-methyl/N-ethyl adjacent to an activating group) is 2. The number of nitrogens with zero attached hydrogens (tertiary/aromatic N) is 2. The third-order valence-corrected chi connectivity index (χ3v) is 5.63. The van der Waals surface area contributed by atoms with E-state index >= 15 is 0 Å². The van der Waals surface area contributed by atoms with Crippen molar-refractivity contribution in [2.24, 2.45) is 0 Å². The van der Waals surface area contributed by atoms with Gasteiger partial charge in [0.2, 0.25) is 11.8 Å². The Bertz CT molecular complexity index is 849. The average molecular weight is 494 g/mol. The summed E-state index contributed by atoms with van der Waals surface area (Å²) >= 11 is 0. The standard InChI is InChI=1S/C26H39N3O4.ClH/c1-19-12-14-20(15-13-19)17-22(25(32)28(6)18-23(30)33-26(2,3)4)29-16-10-8-7-9-11-21(27-5)24(29)31;/h7-8,12-15,21-22,27H,9-11,16-18H2,1-6H3;1H/b8-7-;/t21-,22-;/m0./s1. The van der Waals surface area contributed by atoms with Crippen molar-refractivity contribution >= 4 is 30.2 Å². The van der Waals surface area contributed by atoms with Crippen molar-refractivity contribution in [3.63, 3.8) is 0 Å². The van der Waals surface area contributed by atoms with Crippen molar-refractivity contribution < 1.29 is 19.1 Å². The first-order valence-corrected chi connectivity index (χ1v) is 11.7. The third-order valence-electron chi connectivity index (χ3n) is 5.63. The minimum atomic E-state index is -0.713.